The summed E-state index contributed by atoms with van der Waals surface area (Å²) >= 11 is 0. The Morgan fingerprint density at radius 3 is 2.88 bits per heavy atom. The fraction of sp³-hybridized carbons (Fsp3) is 0.833. The molecule has 1 N–H and O–H groups in total. The van der Waals surface area contributed by atoms with Crippen molar-refractivity contribution in [3.05, 3.63) is 12.2 Å². The van der Waals surface area contributed by atoms with Gasteiger partial charge in [-0.3, -0.25) is 4.68 Å². The molecule has 1 saturated carbocycles. The monoisotopic (exact) mass is 222 g/mol. The van der Waals surface area contributed by atoms with Crippen LogP contribution in [0.2, 0.25) is 0 Å². The number of rotatable bonds is 5. The predicted molar refractivity (Wildman–Crippen MR) is 64.2 cm³/mol. The lowest BCUT2D eigenvalue weighted by atomic mass is 9.89. The van der Waals surface area contributed by atoms with Crippen molar-refractivity contribution in [1.29, 1.82) is 0 Å². The van der Waals surface area contributed by atoms with Crippen LogP contribution in [0, 0.1) is 5.92 Å². The van der Waals surface area contributed by atoms with Gasteiger partial charge in [0, 0.05) is 20.0 Å². The summed E-state index contributed by atoms with van der Waals surface area (Å²) in [5.41, 5.74) is 0. The van der Waals surface area contributed by atoms with Gasteiger partial charge in [0.05, 0.1) is 0 Å². The minimum absolute atomic E-state index is 0.910. The number of hydrogen-bond acceptors (Lipinski definition) is 3. The van der Waals surface area contributed by atoms with Gasteiger partial charge in [-0.05, 0) is 25.3 Å². The summed E-state index contributed by atoms with van der Waals surface area (Å²) in [6.07, 6.45) is 9.72. The summed E-state index contributed by atoms with van der Waals surface area (Å²) in [4.78, 5) is 4.21. The van der Waals surface area contributed by atoms with Crippen LogP contribution in [0.4, 0.5) is 0 Å². The highest BCUT2D eigenvalue weighted by molar-refractivity contribution is 4.84. The van der Waals surface area contributed by atoms with Crippen LogP contribution < -0.4 is 5.32 Å². The van der Waals surface area contributed by atoms with E-state index in [1.807, 2.05) is 11.7 Å². The molecular weight excluding hydrogens is 200 g/mol. The maximum atomic E-state index is 4.21. The van der Waals surface area contributed by atoms with Gasteiger partial charge in [0.1, 0.15) is 12.2 Å². The van der Waals surface area contributed by atoms with Crippen LogP contribution in [0.25, 0.3) is 0 Å². The van der Waals surface area contributed by atoms with E-state index in [1.165, 1.54) is 38.6 Å². The Morgan fingerprint density at radius 2 is 2.19 bits per heavy atom. The zero-order chi connectivity index (χ0) is 11.2. The molecule has 1 aromatic rings. The van der Waals surface area contributed by atoms with Crippen LogP contribution in [0.3, 0.4) is 0 Å². The Morgan fingerprint density at radius 1 is 1.38 bits per heavy atom. The Hall–Kier alpha value is -0.900. The minimum atomic E-state index is 0.910. The molecule has 0 spiro atoms. The van der Waals surface area contributed by atoms with Crippen molar-refractivity contribution >= 4 is 0 Å². The normalized spacial score (nSPS) is 17.8. The highest BCUT2D eigenvalue weighted by Gasteiger charge is 2.12. The van der Waals surface area contributed by atoms with Gasteiger partial charge in [-0.25, -0.2) is 4.98 Å². The predicted octanol–water partition coefficient (Wildman–Crippen LogP) is 1.53. The molecule has 0 aromatic carbocycles. The van der Waals surface area contributed by atoms with Crippen LogP contribution in [-0.4, -0.2) is 27.9 Å². The van der Waals surface area contributed by atoms with Gasteiger partial charge in [0.15, 0.2) is 0 Å². The molecule has 0 aliphatic heterocycles. The fourth-order valence-corrected chi connectivity index (χ4v) is 2.44. The third kappa shape index (κ3) is 3.30. The first-order valence-electron chi connectivity index (χ1n) is 6.40. The molecule has 1 aliphatic rings. The lowest BCUT2D eigenvalue weighted by Gasteiger charge is -2.21. The van der Waals surface area contributed by atoms with Gasteiger partial charge in [0.2, 0.25) is 0 Å². The Labute approximate surface area is 97.5 Å². The first kappa shape index (κ1) is 11.6. The van der Waals surface area contributed by atoms with Gasteiger partial charge in [0.25, 0.3) is 0 Å². The van der Waals surface area contributed by atoms with Crippen molar-refractivity contribution in [2.45, 2.75) is 38.5 Å². The van der Waals surface area contributed by atoms with E-state index in [9.17, 15) is 0 Å². The molecule has 0 radical (unpaired) electrons. The van der Waals surface area contributed by atoms with Crippen LogP contribution in [0.1, 0.15) is 37.9 Å². The molecule has 0 amide bonds. The molecule has 2 rings (SSSR count). The van der Waals surface area contributed by atoms with Crippen molar-refractivity contribution < 1.29 is 0 Å². The zero-order valence-electron chi connectivity index (χ0n) is 10.2. The molecule has 1 fully saturated rings. The first-order chi connectivity index (χ1) is 7.86. The van der Waals surface area contributed by atoms with E-state index in [-0.39, 0.29) is 0 Å². The topological polar surface area (TPSA) is 42.7 Å². The number of nitrogens with one attached hydrogen (secondary N) is 1. The van der Waals surface area contributed by atoms with E-state index < -0.39 is 0 Å². The summed E-state index contributed by atoms with van der Waals surface area (Å²) < 4.78 is 1.85. The van der Waals surface area contributed by atoms with E-state index in [4.69, 9.17) is 0 Å². The molecule has 16 heavy (non-hydrogen) atoms. The maximum absolute atomic E-state index is 4.21. The molecule has 4 heteroatoms. The highest BCUT2D eigenvalue weighted by Crippen LogP contribution is 2.22. The number of nitrogens with zero attached hydrogens (tertiary/aromatic N) is 3. The summed E-state index contributed by atoms with van der Waals surface area (Å²) in [5.74, 6) is 1.98. The highest BCUT2D eigenvalue weighted by atomic mass is 15.3. The Balaban J connectivity index is 1.59. The molecule has 0 saturated heterocycles. The molecular formula is C12H22N4. The summed E-state index contributed by atoms with van der Waals surface area (Å²) in [6, 6.07) is 0. The second kappa shape index (κ2) is 5.99. The lowest BCUT2D eigenvalue weighted by molar-refractivity contribution is 0.343. The molecule has 4 nitrogen and oxygen atoms in total. The van der Waals surface area contributed by atoms with E-state index in [0.717, 1.165) is 24.7 Å². The minimum Gasteiger partial charge on any atom is -0.316 e. The van der Waals surface area contributed by atoms with Gasteiger partial charge in [-0.15, -0.1) is 0 Å². The largest absolute Gasteiger partial charge is 0.316 e. The average Bonchev–Trinajstić information content (AvgIpc) is 2.72. The first-order valence-corrected chi connectivity index (χ1v) is 6.40. The zero-order valence-corrected chi connectivity index (χ0v) is 10.2. The van der Waals surface area contributed by atoms with E-state index >= 15 is 0 Å². The van der Waals surface area contributed by atoms with Crippen LogP contribution >= 0.6 is 0 Å². The van der Waals surface area contributed by atoms with E-state index in [2.05, 4.69) is 15.4 Å². The van der Waals surface area contributed by atoms with Gasteiger partial charge >= 0.3 is 0 Å². The summed E-state index contributed by atoms with van der Waals surface area (Å²) in [5, 5.41) is 7.60. The molecule has 0 atom stereocenters. The molecule has 1 aromatic heterocycles. The summed E-state index contributed by atoms with van der Waals surface area (Å²) in [6.45, 7) is 2.20. The maximum Gasteiger partial charge on any atom is 0.138 e. The van der Waals surface area contributed by atoms with Crippen LogP contribution in [-0.2, 0) is 13.5 Å². The smallest absolute Gasteiger partial charge is 0.138 e. The summed E-state index contributed by atoms with van der Waals surface area (Å²) in [7, 11) is 1.95. The molecule has 0 unspecified atom stereocenters. The third-order valence-electron chi connectivity index (χ3n) is 3.49. The van der Waals surface area contributed by atoms with Crippen LogP contribution in [0.5, 0.6) is 0 Å². The molecule has 0 bridgehead atoms. The molecule has 1 aliphatic carbocycles. The Bertz CT molecular complexity index is 302. The van der Waals surface area contributed by atoms with E-state index in [0.29, 0.717) is 0 Å². The SMILES string of the molecule is Cn1ncnc1CCNCC1CCCCC1. The van der Waals surface area contributed by atoms with Crippen molar-refractivity contribution in [3.63, 3.8) is 0 Å². The number of aromatic nitrogens is 3. The molecule has 90 valence electrons. The lowest BCUT2D eigenvalue weighted by Crippen LogP contribution is -2.26. The average molecular weight is 222 g/mol. The molecule has 1 heterocycles. The quantitative estimate of drug-likeness (QED) is 0.768. The van der Waals surface area contributed by atoms with Crippen LogP contribution in [0.15, 0.2) is 6.33 Å². The van der Waals surface area contributed by atoms with Crippen molar-refractivity contribution in [2.24, 2.45) is 13.0 Å². The Kier molecular flexibility index (Phi) is 4.34. The second-order valence-electron chi connectivity index (χ2n) is 4.76. The number of hydrogen-bond donors (Lipinski definition) is 1. The third-order valence-corrected chi connectivity index (χ3v) is 3.49. The van der Waals surface area contributed by atoms with Crippen molar-refractivity contribution in [3.8, 4) is 0 Å². The van der Waals surface area contributed by atoms with Crippen molar-refractivity contribution in [2.75, 3.05) is 13.1 Å². The fourth-order valence-electron chi connectivity index (χ4n) is 2.44. The van der Waals surface area contributed by atoms with E-state index in [1.54, 1.807) is 6.33 Å². The van der Waals surface area contributed by atoms with Gasteiger partial charge in [-0.1, -0.05) is 19.3 Å². The van der Waals surface area contributed by atoms with Gasteiger partial charge < -0.3 is 5.32 Å². The van der Waals surface area contributed by atoms with Crippen molar-refractivity contribution in [1.82, 2.24) is 20.1 Å². The number of aryl methyl sites for hydroxylation is 1. The second-order valence-corrected chi connectivity index (χ2v) is 4.76. The standard InChI is InChI=1S/C12H22N4/c1-16-12(14-10-15-16)7-8-13-9-11-5-3-2-4-6-11/h10-11,13H,2-9H2,1H3. The van der Waals surface area contributed by atoms with Gasteiger partial charge in [-0.2, -0.15) is 5.10 Å².